The van der Waals surface area contributed by atoms with E-state index in [4.69, 9.17) is 0 Å². The third kappa shape index (κ3) is 5.50. The molecule has 0 saturated heterocycles. The first-order valence-electron chi connectivity index (χ1n) is 6.82. The average Bonchev–Trinajstić information content (AvgIpc) is 3.08. The molecule has 1 heterocycles. The lowest BCUT2D eigenvalue weighted by Crippen LogP contribution is -2.43. The highest BCUT2D eigenvalue weighted by Crippen LogP contribution is 2.29. The largest absolute Gasteiger partial charge is 0.358 e. The number of carbonyl (C=O) groups excluding carboxylic acids is 2. The molecule has 1 atom stereocenters. The zero-order valence-electron chi connectivity index (χ0n) is 12.2. The van der Waals surface area contributed by atoms with E-state index in [0.29, 0.717) is 4.34 Å². The Morgan fingerprint density at radius 3 is 2.62 bits per heavy atom. The highest BCUT2D eigenvalue weighted by molar-refractivity contribution is 8.02. The summed E-state index contributed by atoms with van der Waals surface area (Å²) in [6.45, 7) is 5.77. The molecule has 21 heavy (non-hydrogen) atoms. The molecule has 1 unspecified atom stereocenters. The number of nitrogens with one attached hydrogen (secondary N) is 3. The molecule has 1 aliphatic rings. The Morgan fingerprint density at radius 1 is 1.29 bits per heavy atom. The van der Waals surface area contributed by atoms with E-state index in [-0.39, 0.29) is 18.0 Å². The Kier molecular flexibility index (Phi) is 5.40. The van der Waals surface area contributed by atoms with Gasteiger partial charge in [-0.1, -0.05) is 23.1 Å². The lowest BCUT2D eigenvalue weighted by molar-refractivity contribution is -0.119. The minimum atomic E-state index is -0.422. The van der Waals surface area contributed by atoms with Crippen LogP contribution >= 0.6 is 23.1 Å². The molecule has 2 rings (SSSR count). The van der Waals surface area contributed by atoms with E-state index >= 15 is 0 Å². The molecule has 116 valence electrons. The van der Waals surface area contributed by atoms with Crippen molar-refractivity contribution in [3.05, 3.63) is 0 Å². The summed E-state index contributed by atoms with van der Waals surface area (Å²) in [7, 11) is 0. The second kappa shape index (κ2) is 7.08. The van der Waals surface area contributed by atoms with Gasteiger partial charge in [-0.25, -0.2) is 4.79 Å². The summed E-state index contributed by atoms with van der Waals surface area (Å²) < 4.78 is 0.698. The number of amides is 3. The summed E-state index contributed by atoms with van der Waals surface area (Å²) in [5.41, 5.74) is 0. The molecule has 9 heteroatoms. The number of aromatic nitrogens is 2. The molecule has 1 fully saturated rings. The Bertz CT molecular complexity index is 516. The third-order valence-electron chi connectivity index (χ3n) is 2.61. The van der Waals surface area contributed by atoms with Crippen molar-refractivity contribution in [2.75, 3.05) is 5.32 Å². The van der Waals surface area contributed by atoms with Crippen LogP contribution in [0.1, 0.15) is 33.6 Å². The summed E-state index contributed by atoms with van der Waals surface area (Å²) >= 11 is 2.68. The van der Waals surface area contributed by atoms with E-state index in [2.05, 4.69) is 26.1 Å². The van der Waals surface area contributed by atoms with Gasteiger partial charge < -0.3 is 10.6 Å². The zero-order chi connectivity index (χ0) is 15.4. The van der Waals surface area contributed by atoms with Crippen LogP contribution < -0.4 is 16.0 Å². The summed E-state index contributed by atoms with van der Waals surface area (Å²) in [6.07, 6.45) is 1.98. The molecule has 0 radical (unpaired) electrons. The molecule has 0 bridgehead atoms. The first-order chi connectivity index (χ1) is 9.94. The van der Waals surface area contributed by atoms with Crippen molar-refractivity contribution in [3.63, 3.8) is 0 Å². The monoisotopic (exact) mass is 329 g/mol. The Morgan fingerprint density at radius 2 is 2.00 bits per heavy atom. The number of anilines is 1. The van der Waals surface area contributed by atoms with Crippen molar-refractivity contribution in [2.45, 2.75) is 55.3 Å². The van der Waals surface area contributed by atoms with E-state index in [1.165, 1.54) is 23.1 Å². The van der Waals surface area contributed by atoms with Crippen LogP contribution in [-0.4, -0.2) is 39.5 Å². The number of carbonyl (C=O) groups is 2. The number of thioether (sulfide) groups is 1. The van der Waals surface area contributed by atoms with Crippen LogP contribution in [0, 0.1) is 0 Å². The molecule has 0 spiro atoms. The fraction of sp³-hybridized carbons (Fsp3) is 0.667. The lowest BCUT2D eigenvalue weighted by atomic mass is 10.4. The van der Waals surface area contributed by atoms with Crippen LogP contribution in [0.4, 0.5) is 9.93 Å². The van der Waals surface area contributed by atoms with Crippen LogP contribution in [0.2, 0.25) is 0 Å². The van der Waals surface area contributed by atoms with Crippen LogP contribution in [0.5, 0.6) is 0 Å². The maximum atomic E-state index is 11.9. The molecule has 1 aliphatic carbocycles. The van der Waals surface area contributed by atoms with Gasteiger partial charge in [-0.3, -0.25) is 10.1 Å². The van der Waals surface area contributed by atoms with E-state index in [9.17, 15) is 9.59 Å². The van der Waals surface area contributed by atoms with Crippen molar-refractivity contribution in [2.24, 2.45) is 0 Å². The minimum Gasteiger partial charge on any atom is -0.358 e. The molecule has 3 N–H and O–H groups in total. The summed E-state index contributed by atoms with van der Waals surface area (Å²) in [5.74, 6) is -0.327. The second-order valence-electron chi connectivity index (χ2n) is 5.17. The topological polar surface area (TPSA) is 96.0 Å². The number of rotatable bonds is 6. The molecular weight excluding hydrogens is 310 g/mol. The Hall–Kier alpha value is -1.35. The third-order valence-corrected chi connectivity index (χ3v) is 4.65. The van der Waals surface area contributed by atoms with Crippen molar-refractivity contribution < 1.29 is 9.59 Å². The van der Waals surface area contributed by atoms with Crippen molar-refractivity contribution in [3.8, 4) is 0 Å². The van der Waals surface area contributed by atoms with E-state index < -0.39 is 11.3 Å². The molecule has 1 saturated carbocycles. The molecule has 3 amide bonds. The molecule has 1 aromatic heterocycles. The maximum Gasteiger partial charge on any atom is 0.321 e. The predicted octanol–water partition coefficient (Wildman–Crippen LogP) is 1.83. The Balaban J connectivity index is 1.79. The number of hydrogen-bond donors (Lipinski definition) is 3. The number of nitrogens with zero attached hydrogens (tertiary/aromatic N) is 2. The second-order valence-corrected chi connectivity index (χ2v) is 7.73. The minimum absolute atomic E-state index is 0.230. The van der Waals surface area contributed by atoms with Gasteiger partial charge in [0.2, 0.25) is 11.0 Å². The van der Waals surface area contributed by atoms with Crippen molar-refractivity contribution in [1.29, 1.82) is 0 Å². The number of imide groups is 1. The van der Waals surface area contributed by atoms with Crippen LogP contribution in [0.3, 0.4) is 0 Å². The quantitative estimate of drug-likeness (QED) is 0.689. The van der Waals surface area contributed by atoms with Gasteiger partial charge in [0.15, 0.2) is 4.34 Å². The highest BCUT2D eigenvalue weighted by Gasteiger charge is 2.25. The fourth-order valence-electron chi connectivity index (χ4n) is 1.43. The van der Waals surface area contributed by atoms with Gasteiger partial charge in [-0.05, 0) is 33.6 Å². The maximum absolute atomic E-state index is 11.9. The van der Waals surface area contributed by atoms with Crippen LogP contribution in [0.15, 0.2) is 4.34 Å². The summed E-state index contributed by atoms with van der Waals surface area (Å²) in [4.78, 5) is 23.4. The zero-order valence-corrected chi connectivity index (χ0v) is 13.8. The predicted molar refractivity (Wildman–Crippen MR) is 83.7 cm³/mol. The SMILES string of the molecule is CC(C)Nc1nnc(SC(C)C(=O)NC(=O)NC2CC2)s1. The molecular formula is C12H19N5O2S2. The molecule has 7 nitrogen and oxygen atoms in total. The summed E-state index contributed by atoms with van der Waals surface area (Å²) in [6, 6.07) is 0.0885. The standard InChI is InChI=1S/C12H19N5O2S2/c1-6(2)13-11-16-17-12(21-11)20-7(3)9(18)15-10(19)14-8-4-5-8/h6-8H,4-5H2,1-3H3,(H,13,16)(H2,14,15,18,19). The fourth-order valence-corrected chi connectivity index (χ4v) is 3.47. The van der Waals surface area contributed by atoms with Gasteiger partial charge in [0.1, 0.15) is 0 Å². The summed E-state index contributed by atoms with van der Waals surface area (Å²) in [5, 5.41) is 16.6. The van der Waals surface area contributed by atoms with Crippen molar-refractivity contribution in [1.82, 2.24) is 20.8 Å². The van der Waals surface area contributed by atoms with Gasteiger partial charge in [0, 0.05) is 12.1 Å². The molecule has 0 aromatic carbocycles. The highest BCUT2D eigenvalue weighted by atomic mass is 32.2. The van der Waals surface area contributed by atoms with Gasteiger partial charge in [-0.15, -0.1) is 10.2 Å². The first-order valence-corrected chi connectivity index (χ1v) is 8.51. The van der Waals surface area contributed by atoms with E-state index in [1.807, 2.05) is 13.8 Å². The van der Waals surface area contributed by atoms with Gasteiger partial charge in [0.05, 0.1) is 5.25 Å². The molecule has 1 aromatic rings. The van der Waals surface area contributed by atoms with Crippen molar-refractivity contribution >= 4 is 40.2 Å². The van der Waals surface area contributed by atoms with Crippen LogP contribution in [-0.2, 0) is 4.79 Å². The Labute approximate surface area is 131 Å². The van der Waals surface area contributed by atoms with Gasteiger partial charge in [0.25, 0.3) is 0 Å². The van der Waals surface area contributed by atoms with Gasteiger partial charge >= 0.3 is 6.03 Å². The van der Waals surface area contributed by atoms with Crippen LogP contribution in [0.25, 0.3) is 0 Å². The van der Waals surface area contributed by atoms with Gasteiger partial charge in [-0.2, -0.15) is 0 Å². The average molecular weight is 329 g/mol. The first kappa shape index (κ1) is 16.0. The van der Waals surface area contributed by atoms with E-state index in [1.54, 1.807) is 6.92 Å². The number of hydrogen-bond acceptors (Lipinski definition) is 7. The smallest absolute Gasteiger partial charge is 0.321 e. The molecule has 0 aliphatic heterocycles. The number of urea groups is 1. The normalized spacial score (nSPS) is 15.6. The van der Waals surface area contributed by atoms with E-state index in [0.717, 1.165) is 18.0 Å². The lowest BCUT2D eigenvalue weighted by Gasteiger charge is -2.09.